The van der Waals surface area contributed by atoms with E-state index in [0.717, 1.165) is 13.1 Å². The zero-order valence-corrected chi connectivity index (χ0v) is 9.57. The van der Waals surface area contributed by atoms with E-state index >= 15 is 0 Å². The number of piperidine rings is 1. The quantitative estimate of drug-likeness (QED) is 0.438. The summed E-state index contributed by atoms with van der Waals surface area (Å²) in [5, 5.41) is 4.18. The largest absolute Gasteiger partial charge is 1.00 e. The second kappa shape index (κ2) is 13.1. The van der Waals surface area contributed by atoms with Crippen LogP contribution in [0.25, 0.3) is 5.32 Å². The first-order valence-corrected chi connectivity index (χ1v) is 3.17. The van der Waals surface area contributed by atoms with Crippen LogP contribution in [0.5, 0.6) is 0 Å². The van der Waals surface area contributed by atoms with E-state index in [0.29, 0.717) is 0 Å². The summed E-state index contributed by atoms with van der Waals surface area (Å²) in [4.78, 5) is 0. The maximum absolute atomic E-state index is 9.62. The molecular weight excluding hydrogens is 163 g/mol. The van der Waals surface area contributed by atoms with E-state index in [4.69, 9.17) is 0 Å². The molecule has 4 heteroatoms. The molecule has 0 aromatic carbocycles. The molecule has 0 spiro atoms. The standard InChI is InChI=1S/C5H10N.CH2F2.K/c1-2-4-6-5-3-1;2-1-3;/h1-5H2;1H2;/q-1;;+1. The van der Waals surface area contributed by atoms with Gasteiger partial charge in [-0.3, -0.25) is 0 Å². The third-order valence-corrected chi connectivity index (χ3v) is 1.13. The van der Waals surface area contributed by atoms with E-state index in [1.807, 2.05) is 0 Å². The van der Waals surface area contributed by atoms with Gasteiger partial charge in [-0.2, -0.15) is 0 Å². The van der Waals surface area contributed by atoms with Crippen molar-refractivity contribution in [2.45, 2.75) is 19.3 Å². The van der Waals surface area contributed by atoms with E-state index in [1.54, 1.807) is 0 Å². The molecule has 0 radical (unpaired) electrons. The summed E-state index contributed by atoms with van der Waals surface area (Å²) in [5.41, 5.74) is 0. The van der Waals surface area contributed by atoms with Gasteiger partial charge < -0.3 is 5.32 Å². The fourth-order valence-electron chi connectivity index (χ4n) is 0.736. The van der Waals surface area contributed by atoms with Crippen LogP contribution < -0.4 is 51.4 Å². The first kappa shape index (κ1) is 14.0. The summed E-state index contributed by atoms with van der Waals surface area (Å²) in [6.07, 6.45) is 4.07. The number of hydrogen-bond acceptors (Lipinski definition) is 0. The molecule has 0 aromatic rings. The van der Waals surface area contributed by atoms with Crippen molar-refractivity contribution in [3.63, 3.8) is 0 Å². The Kier molecular flexibility index (Phi) is 18.3. The summed E-state index contributed by atoms with van der Waals surface area (Å²) < 4.78 is 19.2. The molecule has 0 aliphatic carbocycles. The Bertz CT molecular complexity index is 39.5. The van der Waals surface area contributed by atoms with Crippen molar-refractivity contribution in [1.82, 2.24) is 0 Å². The van der Waals surface area contributed by atoms with Crippen molar-refractivity contribution < 1.29 is 60.2 Å². The average molecular weight is 175 g/mol. The predicted octanol–water partition coefficient (Wildman–Crippen LogP) is -0.569. The third kappa shape index (κ3) is 12.2. The van der Waals surface area contributed by atoms with Gasteiger partial charge in [0.15, 0.2) is 0 Å². The van der Waals surface area contributed by atoms with Gasteiger partial charge in [-0.15, -0.1) is 13.1 Å². The fourth-order valence-corrected chi connectivity index (χ4v) is 0.736. The topological polar surface area (TPSA) is 14.1 Å². The molecule has 56 valence electrons. The van der Waals surface area contributed by atoms with E-state index in [1.165, 1.54) is 19.3 Å². The minimum Gasteiger partial charge on any atom is -0.662 e. The first-order valence-electron chi connectivity index (χ1n) is 3.17. The maximum Gasteiger partial charge on any atom is 1.00 e. The van der Waals surface area contributed by atoms with Gasteiger partial charge >= 0.3 is 51.4 Å². The van der Waals surface area contributed by atoms with E-state index in [2.05, 4.69) is 5.32 Å². The van der Waals surface area contributed by atoms with Crippen LogP contribution in [0.2, 0.25) is 0 Å². The van der Waals surface area contributed by atoms with E-state index < -0.39 is 6.93 Å². The minimum absolute atomic E-state index is 0. The summed E-state index contributed by atoms with van der Waals surface area (Å²) in [6.45, 7) is 0.500. The molecular formula is C6H12F2KN. The molecule has 1 saturated heterocycles. The Labute approximate surface area is 103 Å². The van der Waals surface area contributed by atoms with Crippen LogP contribution in [-0.2, 0) is 0 Å². The molecule has 0 bridgehead atoms. The second-order valence-corrected chi connectivity index (χ2v) is 1.83. The van der Waals surface area contributed by atoms with Crippen LogP contribution in [0.3, 0.4) is 0 Å². The fraction of sp³-hybridized carbons (Fsp3) is 1.00. The molecule has 1 aliphatic heterocycles. The van der Waals surface area contributed by atoms with Gasteiger partial charge in [-0.05, 0) is 0 Å². The van der Waals surface area contributed by atoms with Gasteiger partial charge in [0.2, 0.25) is 6.93 Å². The zero-order valence-electron chi connectivity index (χ0n) is 6.45. The van der Waals surface area contributed by atoms with Crippen molar-refractivity contribution >= 4 is 0 Å². The Morgan fingerprint density at radius 1 is 1.00 bits per heavy atom. The van der Waals surface area contributed by atoms with Crippen LogP contribution in [0.1, 0.15) is 19.3 Å². The van der Waals surface area contributed by atoms with Crippen molar-refractivity contribution in [1.29, 1.82) is 0 Å². The first-order chi connectivity index (χ1) is 4.41. The monoisotopic (exact) mass is 175 g/mol. The predicted molar refractivity (Wildman–Crippen MR) is 34.0 cm³/mol. The van der Waals surface area contributed by atoms with Crippen LogP contribution in [0, 0.1) is 0 Å². The Hall–Kier alpha value is 1.46. The third-order valence-electron chi connectivity index (χ3n) is 1.13. The van der Waals surface area contributed by atoms with Gasteiger partial charge in [0.05, 0.1) is 0 Å². The number of halogens is 2. The normalized spacial score (nSPS) is 16.2. The average Bonchev–Trinajstić information content (AvgIpc) is 1.93. The van der Waals surface area contributed by atoms with Gasteiger partial charge in [0, 0.05) is 0 Å². The van der Waals surface area contributed by atoms with Crippen LogP contribution in [0.4, 0.5) is 8.78 Å². The molecule has 10 heavy (non-hydrogen) atoms. The molecule has 1 fully saturated rings. The molecule has 0 atom stereocenters. The number of alkyl halides is 2. The number of nitrogens with zero attached hydrogens (tertiary/aromatic N) is 1. The minimum atomic E-state index is -1.75. The Balaban J connectivity index is 0. The van der Waals surface area contributed by atoms with Crippen LogP contribution in [-0.4, -0.2) is 20.0 Å². The van der Waals surface area contributed by atoms with Crippen LogP contribution in [0.15, 0.2) is 0 Å². The molecule has 1 rings (SSSR count). The number of rotatable bonds is 0. The van der Waals surface area contributed by atoms with E-state index in [-0.39, 0.29) is 51.4 Å². The molecule has 0 amide bonds. The van der Waals surface area contributed by atoms with E-state index in [9.17, 15) is 8.78 Å². The molecule has 1 nitrogen and oxygen atoms in total. The van der Waals surface area contributed by atoms with Gasteiger partial charge in [-0.25, -0.2) is 8.78 Å². The summed E-state index contributed by atoms with van der Waals surface area (Å²) in [6, 6.07) is 0. The Morgan fingerprint density at radius 2 is 1.40 bits per heavy atom. The second-order valence-electron chi connectivity index (χ2n) is 1.83. The summed E-state index contributed by atoms with van der Waals surface area (Å²) >= 11 is 0. The van der Waals surface area contributed by atoms with Crippen molar-refractivity contribution in [2.24, 2.45) is 0 Å². The molecule has 0 aromatic heterocycles. The van der Waals surface area contributed by atoms with Crippen molar-refractivity contribution in [3.8, 4) is 0 Å². The van der Waals surface area contributed by atoms with Crippen molar-refractivity contribution in [3.05, 3.63) is 5.32 Å². The van der Waals surface area contributed by atoms with Crippen LogP contribution >= 0.6 is 0 Å². The Morgan fingerprint density at radius 3 is 1.50 bits per heavy atom. The van der Waals surface area contributed by atoms with Crippen molar-refractivity contribution in [2.75, 3.05) is 20.0 Å². The maximum atomic E-state index is 9.62. The number of hydrogen-bond donors (Lipinski definition) is 0. The molecule has 0 unspecified atom stereocenters. The van der Waals surface area contributed by atoms with Gasteiger partial charge in [0.25, 0.3) is 0 Å². The van der Waals surface area contributed by atoms with Gasteiger partial charge in [-0.1, -0.05) is 19.3 Å². The molecule has 0 saturated carbocycles. The SMILES string of the molecule is C1CC[N-]CC1.FCF.[K+]. The summed E-state index contributed by atoms with van der Waals surface area (Å²) in [5.74, 6) is 0. The smallest absolute Gasteiger partial charge is 0.662 e. The molecule has 0 N–H and O–H groups in total. The zero-order chi connectivity index (χ0) is 6.95. The molecule has 1 aliphatic rings. The molecule has 1 heterocycles. The van der Waals surface area contributed by atoms with Gasteiger partial charge in [0.1, 0.15) is 0 Å². The summed E-state index contributed by atoms with van der Waals surface area (Å²) in [7, 11) is 0.